The number of aromatic amines is 1. The van der Waals surface area contributed by atoms with Gasteiger partial charge in [0.1, 0.15) is 17.1 Å². The maximum Gasteiger partial charge on any atom is 0.277 e. The summed E-state index contributed by atoms with van der Waals surface area (Å²) >= 11 is 0. The van der Waals surface area contributed by atoms with Crippen molar-refractivity contribution in [2.45, 2.75) is 63.2 Å². The minimum Gasteiger partial charge on any atom is -0.493 e. The maximum absolute atomic E-state index is 13.3. The van der Waals surface area contributed by atoms with E-state index in [0.29, 0.717) is 12.8 Å². The first-order chi connectivity index (χ1) is 19.5. The Hall–Kier alpha value is -2.76. The topological polar surface area (TPSA) is 122 Å². The molecule has 10 nitrogen and oxygen atoms in total. The zero-order chi connectivity index (χ0) is 31.0. The van der Waals surface area contributed by atoms with Crippen molar-refractivity contribution in [2.24, 2.45) is 7.05 Å². The summed E-state index contributed by atoms with van der Waals surface area (Å²) in [5, 5.41) is 4.10. The van der Waals surface area contributed by atoms with Gasteiger partial charge in [-0.2, -0.15) is 5.10 Å². The van der Waals surface area contributed by atoms with E-state index in [1.54, 1.807) is 0 Å². The second-order valence-corrected chi connectivity index (χ2v) is 10.5. The summed E-state index contributed by atoms with van der Waals surface area (Å²) in [5.41, 5.74) is -1.10. The molecule has 2 unspecified atom stereocenters. The van der Waals surface area contributed by atoms with Crippen LogP contribution < -0.4 is 15.0 Å². The SMILES string of the molecule is [2H]C(CC1CCCN1C)NS(=O)(=O)c1ccc(OCCC)c(-c2nc3c(C([2H])([2H])CC([2H])([2H])[2H])nn(C)c3c(=O)[nH]2)c1. The number of aryl methyl sites for hydroxylation is 2. The van der Waals surface area contributed by atoms with Crippen LogP contribution in [0.2, 0.25) is 0 Å². The van der Waals surface area contributed by atoms with Crippen molar-refractivity contribution >= 4 is 21.1 Å². The number of sulfonamides is 1. The molecule has 4 rings (SSSR count). The van der Waals surface area contributed by atoms with E-state index < -0.39 is 41.7 Å². The molecule has 3 heterocycles. The number of nitrogens with zero attached hydrogens (tertiary/aromatic N) is 4. The van der Waals surface area contributed by atoms with Gasteiger partial charge in [0.25, 0.3) is 5.56 Å². The van der Waals surface area contributed by atoms with Crippen LogP contribution in [0.5, 0.6) is 5.75 Å². The highest BCUT2D eigenvalue weighted by Gasteiger charge is 2.23. The lowest BCUT2D eigenvalue weighted by molar-refractivity contribution is 0.297. The minimum absolute atomic E-state index is 0.0708. The summed E-state index contributed by atoms with van der Waals surface area (Å²) < 4.78 is 83.8. The number of aromatic nitrogens is 4. The number of ether oxygens (including phenoxy) is 1. The van der Waals surface area contributed by atoms with E-state index in [0.717, 1.165) is 24.1 Å². The van der Waals surface area contributed by atoms with Crippen LogP contribution in [-0.2, 0) is 23.4 Å². The molecular weight excluding hydrogens is 480 g/mol. The Morgan fingerprint density at radius 2 is 2.17 bits per heavy atom. The van der Waals surface area contributed by atoms with E-state index in [-0.39, 0.29) is 51.4 Å². The van der Waals surface area contributed by atoms with Crippen molar-refractivity contribution in [1.29, 1.82) is 0 Å². The summed E-state index contributed by atoms with van der Waals surface area (Å²) in [6.07, 6.45) is -0.449. The molecule has 1 aliphatic rings. The van der Waals surface area contributed by atoms with E-state index in [9.17, 15) is 13.2 Å². The third kappa shape index (κ3) is 5.47. The molecular formula is C25H36N6O4S. The summed E-state index contributed by atoms with van der Waals surface area (Å²) in [7, 11) is -0.786. The second-order valence-electron chi connectivity index (χ2n) is 8.78. The van der Waals surface area contributed by atoms with Crippen LogP contribution in [0.15, 0.2) is 27.9 Å². The Morgan fingerprint density at radius 3 is 2.89 bits per heavy atom. The van der Waals surface area contributed by atoms with Gasteiger partial charge < -0.3 is 14.6 Å². The van der Waals surface area contributed by atoms with Gasteiger partial charge in [-0.15, -0.1) is 0 Å². The highest BCUT2D eigenvalue weighted by molar-refractivity contribution is 7.89. The van der Waals surface area contributed by atoms with Crippen molar-refractivity contribution in [2.75, 3.05) is 26.7 Å². The standard InChI is InChI=1S/C25H36N6O4S/c1-5-8-20-22-23(31(4)29-20)25(32)28-24(27-22)19-16-18(10-11-21(19)35-15-6-2)36(33,34)26-13-12-17-9-7-14-30(17)3/h10-11,16-17,26H,5-9,12-15H2,1-4H3,(H,27,28,32)/i1D3,8D2,13D. The zero-order valence-electron chi connectivity index (χ0n) is 26.7. The number of nitrogens with one attached hydrogen (secondary N) is 2. The number of hydrogen-bond donors (Lipinski definition) is 2. The van der Waals surface area contributed by atoms with Gasteiger partial charge in [0.05, 0.1) is 22.8 Å². The monoisotopic (exact) mass is 522 g/mol. The van der Waals surface area contributed by atoms with Crippen LogP contribution >= 0.6 is 0 Å². The molecule has 1 aromatic carbocycles. The number of H-pyrrole nitrogens is 1. The summed E-state index contributed by atoms with van der Waals surface area (Å²) in [6, 6.07) is 4.16. The average molecular weight is 523 g/mol. The minimum atomic E-state index is -4.16. The molecule has 1 saturated heterocycles. The van der Waals surface area contributed by atoms with Crippen LogP contribution in [0.1, 0.15) is 59.8 Å². The van der Waals surface area contributed by atoms with Gasteiger partial charge in [0.15, 0.2) is 5.52 Å². The normalized spacial score (nSPS) is 20.8. The van der Waals surface area contributed by atoms with Gasteiger partial charge in [-0.3, -0.25) is 9.48 Å². The summed E-state index contributed by atoms with van der Waals surface area (Å²) in [5.74, 6) is 0.119. The molecule has 3 aromatic rings. The molecule has 36 heavy (non-hydrogen) atoms. The average Bonchev–Trinajstić information content (AvgIpc) is 3.43. The third-order valence-corrected chi connectivity index (χ3v) is 7.58. The fraction of sp³-hybridized carbons (Fsp3) is 0.560. The maximum atomic E-state index is 13.3. The Balaban J connectivity index is 1.79. The summed E-state index contributed by atoms with van der Waals surface area (Å²) in [6.45, 7) is -0.616. The lowest BCUT2D eigenvalue weighted by Gasteiger charge is -2.19. The van der Waals surface area contributed by atoms with E-state index in [1.165, 1.54) is 25.2 Å². The van der Waals surface area contributed by atoms with E-state index in [4.69, 9.17) is 13.0 Å². The quantitative estimate of drug-likeness (QED) is 0.397. The van der Waals surface area contributed by atoms with Gasteiger partial charge in [-0.25, -0.2) is 18.1 Å². The van der Waals surface area contributed by atoms with Crippen LogP contribution in [-0.4, -0.2) is 65.8 Å². The number of fused-ring (bicyclic) bond motifs is 1. The number of likely N-dealkylation sites (tertiary alicyclic amines) is 1. The molecule has 1 aliphatic heterocycles. The van der Waals surface area contributed by atoms with Gasteiger partial charge in [0.2, 0.25) is 10.0 Å². The lowest BCUT2D eigenvalue weighted by atomic mass is 10.1. The first kappa shape index (κ1) is 19.4. The molecule has 0 saturated carbocycles. The van der Waals surface area contributed by atoms with Crippen molar-refractivity contribution < 1.29 is 21.4 Å². The van der Waals surface area contributed by atoms with E-state index in [1.807, 2.05) is 14.0 Å². The Labute approximate surface area is 220 Å². The molecule has 196 valence electrons. The molecule has 0 spiro atoms. The Kier molecular flexibility index (Phi) is 5.97. The van der Waals surface area contributed by atoms with Gasteiger partial charge >= 0.3 is 0 Å². The van der Waals surface area contributed by atoms with Crippen LogP contribution in [0.25, 0.3) is 22.4 Å². The zero-order valence-corrected chi connectivity index (χ0v) is 21.5. The second kappa shape index (κ2) is 11.1. The van der Waals surface area contributed by atoms with Crippen LogP contribution in [0, 0.1) is 0 Å². The fourth-order valence-corrected chi connectivity index (χ4v) is 5.32. The Morgan fingerprint density at radius 1 is 1.33 bits per heavy atom. The fourth-order valence-electron chi connectivity index (χ4n) is 4.35. The summed E-state index contributed by atoms with van der Waals surface area (Å²) in [4.78, 5) is 22.2. The molecule has 2 atom stereocenters. The van der Waals surface area contributed by atoms with Crippen LogP contribution in [0.3, 0.4) is 0 Å². The molecule has 0 bridgehead atoms. The third-order valence-electron chi connectivity index (χ3n) is 6.23. The molecule has 0 amide bonds. The molecule has 1 fully saturated rings. The largest absolute Gasteiger partial charge is 0.493 e. The van der Waals surface area contributed by atoms with Crippen molar-refractivity contribution in [3.05, 3.63) is 34.2 Å². The molecule has 0 radical (unpaired) electrons. The van der Waals surface area contributed by atoms with Crippen molar-refractivity contribution in [3.8, 4) is 17.1 Å². The first-order valence-corrected chi connectivity index (χ1v) is 13.4. The smallest absolute Gasteiger partial charge is 0.277 e. The van der Waals surface area contributed by atoms with Crippen LogP contribution in [0.4, 0.5) is 0 Å². The molecule has 11 heteroatoms. The van der Waals surface area contributed by atoms with Crippen molar-refractivity contribution in [3.63, 3.8) is 0 Å². The Bertz CT molecular complexity index is 1610. The highest BCUT2D eigenvalue weighted by Crippen LogP contribution is 2.31. The highest BCUT2D eigenvalue weighted by atomic mass is 32.2. The van der Waals surface area contributed by atoms with E-state index >= 15 is 0 Å². The van der Waals surface area contributed by atoms with Gasteiger partial charge in [0, 0.05) is 27.8 Å². The van der Waals surface area contributed by atoms with E-state index in [2.05, 4.69) is 24.7 Å². The lowest BCUT2D eigenvalue weighted by Crippen LogP contribution is -2.31. The number of benzene rings is 1. The van der Waals surface area contributed by atoms with Gasteiger partial charge in [-0.1, -0.05) is 20.2 Å². The molecule has 0 aliphatic carbocycles. The first-order valence-electron chi connectivity index (χ1n) is 15.0. The van der Waals surface area contributed by atoms with Gasteiger partial charge in [-0.05, 0) is 63.8 Å². The number of rotatable bonds is 11. The predicted octanol–water partition coefficient (Wildman–Crippen LogP) is 2.83. The van der Waals surface area contributed by atoms with Crippen molar-refractivity contribution in [1.82, 2.24) is 29.4 Å². The molecule has 2 aromatic heterocycles. The predicted molar refractivity (Wildman–Crippen MR) is 140 cm³/mol. The molecule has 2 N–H and O–H groups in total. The number of hydrogen-bond acceptors (Lipinski definition) is 7.